The Labute approximate surface area is 161 Å². The number of benzene rings is 3. The van der Waals surface area contributed by atoms with Gasteiger partial charge < -0.3 is 9.47 Å². The highest BCUT2D eigenvalue weighted by Gasteiger charge is 2.29. The first-order chi connectivity index (χ1) is 13.6. The molecule has 0 saturated heterocycles. The van der Waals surface area contributed by atoms with E-state index in [1.165, 1.54) is 7.11 Å². The summed E-state index contributed by atoms with van der Waals surface area (Å²) in [4.78, 5) is 25.3. The smallest absolute Gasteiger partial charge is 0.271 e. The Morgan fingerprint density at radius 3 is 2.50 bits per heavy atom. The highest BCUT2D eigenvalue weighted by molar-refractivity contribution is 6.59. The molecule has 0 fully saturated rings. The van der Waals surface area contributed by atoms with Gasteiger partial charge in [-0.3, -0.25) is 9.59 Å². The Bertz CT molecular complexity index is 1130. The molecule has 0 atom stereocenters. The molecule has 0 unspecified atom stereocenters. The minimum atomic E-state index is -0.440. The van der Waals surface area contributed by atoms with Crippen LogP contribution < -0.4 is 14.9 Å². The third kappa shape index (κ3) is 2.89. The van der Waals surface area contributed by atoms with Crippen LogP contribution in [0.15, 0.2) is 59.7 Å². The number of nitrogens with zero attached hydrogens (tertiary/aromatic N) is 1. The lowest BCUT2D eigenvalue weighted by molar-refractivity contribution is 0.0954. The Kier molecular flexibility index (Phi) is 4.53. The number of ketones is 1. The lowest BCUT2D eigenvalue weighted by Crippen LogP contribution is -2.22. The summed E-state index contributed by atoms with van der Waals surface area (Å²) in [5.41, 5.74) is 4.40. The zero-order valence-electron chi connectivity index (χ0n) is 15.5. The monoisotopic (exact) mass is 374 g/mol. The number of rotatable bonds is 5. The van der Waals surface area contributed by atoms with Crippen molar-refractivity contribution in [2.75, 3.05) is 13.7 Å². The van der Waals surface area contributed by atoms with Gasteiger partial charge in [0.2, 0.25) is 5.78 Å². The van der Waals surface area contributed by atoms with E-state index in [0.29, 0.717) is 29.2 Å². The van der Waals surface area contributed by atoms with Crippen molar-refractivity contribution in [3.8, 4) is 11.5 Å². The summed E-state index contributed by atoms with van der Waals surface area (Å²) >= 11 is 0. The molecule has 1 N–H and O–H groups in total. The van der Waals surface area contributed by atoms with Gasteiger partial charge in [-0.15, -0.1) is 0 Å². The second-order valence-electron chi connectivity index (χ2n) is 6.24. The third-order valence-corrected chi connectivity index (χ3v) is 4.61. The van der Waals surface area contributed by atoms with Gasteiger partial charge in [-0.25, -0.2) is 5.43 Å². The second kappa shape index (κ2) is 7.15. The molecule has 0 saturated carbocycles. The Balaban J connectivity index is 1.63. The van der Waals surface area contributed by atoms with E-state index in [1.807, 2.05) is 37.3 Å². The minimum Gasteiger partial charge on any atom is -0.493 e. The molecule has 1 amide bonds. The van der Waals surface area contributed by atoms with Crippen molar-refractivity contribution in [2.24, 2.45) is 5.10 Å². The average Bonchev–Trinajstić information content (AvgIpc) is 3.00. The molecule has 3 aromatic carbocycles. The quantitative estimate of drug-likeness (QED) is 0.693. The number of methoxy groups -OCH3 is 1. The van der Waals surface area contributed by atoms with Crippen LogP contribution >= 0.6 is 0 Å². The van der Waals surface area contributed by atoms with Crippen LogP contribution in [-0.2, 0) is 0 Å². The number of carbonyl (C=O) groups excluding carboxylic acids is 2. The average molecular weight is 374 g/mol. The van der Waals surface area contributed by atoms with Crippen LogP contribution in [0.3, 0.4) is 0 Å². The molecule has 6 heteroatoms. The predicted octanol–water partition coefficient (Wildman–Crippen LogP) is 3.58. The number of nitrogens with one attached hydrogen (secondary N) is 1. The van der Waals surface area contributed by atoms with E-state index in [1.54, 1.807) is 24.3 Å². The summed E-state index contributed by atoms with van der Waals surface area (Å²) in [6.07, 6.45) is 0. The molecule has 0 spiro atoms. The molecule has 0 heterocycles. The van der Waals surface area contributed by atoms with Crippen LogP contribution in [-0.4, -0.2) is 31.1 Å². The molecule has 28 heavy (non-hydrogen) atoms. The third-order valence-electron chi connectivity index (χ3n) is 4.61. The molecule has 1 aliphatic carbocycles. The van der Waals surface area contributed by atoms with E-state index in [-0.39, 0.29) is 11.5 Å². The fraction of sp³-hybridized carbons (Fsp3) is 0.136. The van der Waals surface area contributed by atoms with Gasteiger partial charge in [-0.2, -0.15) is 5.10 Å². The van der Waals surface area contributed by atoms with Crippen molar-refractivity contribution in [1.82, 2.24) is 5.43 Å². The Morgan fingerprint density at radius 2 is 1.79 bits per heavy atom. The van der Waals surface area contributed by atoms with Crippen LogP contribution in [0.5, 0.6) is 11.5 Å². The maximum atomic E-state index is 12.7. The van der Waals surface area contributed by atoms with Gasteiger partial charge in [-0.1, -0.05) is 36.4 Å². The van der Waals surface area contributed by atoms with Gasteiger partial charge >= 0.3 is 0 Å². The van der Waals surface area contributed by atoms with Crippen molar-refractivity contribution in [3.63, 3.8) is 0 Å². The molecule has 0 aliphatic heterocycles. The van der Waals surface area contributed by atoms with Gasteiger partial charge in [0, 0.05) is 22.1 Å². The maximum Gasteiger partial charge on any atom is 0.271 e. The van der Waals surface area contributed by atoms with Crippen molar-refractivity contribution >= 4 is 28.2 Å². The molecule has 0 bridgehead atoms. The van der Waals surface area contributed by atoms with Crippen LogP contribution in [0.1, 0.15) is 33.2 Å². The minimum absolute atomic E-state index is 0.198. The van der Waals surface area contributed by atoms with Crippen molar-refractivity contribution in [1.29, 1.82) is 0 Å². The summed E-state index contributed by atoms with van der Waals surface area (Å²) in [5.74, 6) is 0.374. The molecule has 1 aliphatic rings. The maximum absolute atomic E-state index is 12.7. The van der Waals surface area contributed by atoms with E-state index < -0.39 is 5.91 Å². The molecule has 3 aromatic rings. The molecule has 140 valence electrons. The lowest BCUT2D eigenvalue weighted by Gasteiger charge is -2.10. The number of hydrogen-bond donors (Lipinski definition) is 1. The Hall–Kier alpha value is -3.67. The molecule has 4 rings (SSSR count). The molecule has 6 nitrogen and oxygen atoms in total. The van der Waals surface area contributed by atoms with Crippen molar-refractivity contribution in [3.05, 3.63) is 71.3 Å². The van der Waals surface area contributed by atoms with Crippen LogP contribution in [0.2, 0.25) is 0 Å². The second-order valence-corrected chi connectivity index (χ2v) is 6.24. The zero-order chi connectivity index (χ0) is 19.7. The highest BCUT2D eigenvalue weighted by Crippen LogP contribution is 2.31. The van der Waals surface area contributed by atoms with E-state index in [0.717, 1.165) is 16.3 Å². The van der Waals surface area contributed by atoms with Crippen LogP contribution in [0, 0.1) is 0 Å². The summed E-state index contributed by atoms with van der Waals surface area (Å²) in [7, 11) is 1.51. The summed E-state index contributed by atoms with van der Waals surface area (Å²) < 4.78 is 10.7. The number of hydrogen-bond acceptors (Lipinski definition) is 5. The number of carbonyl (C=O) groups is 2. The number of hydrazone groups is 1. The Morgan fingerprint density at radius 1 is 1.04 bits per heavy atom. The predicted molar refractivity (Wildman–Crippen MR) is 106 cm³/mol. The van der Waals surface area contributed by atoms with Crippen LogP contribution in [0.25, 0.3) is 10.8 Å². The van der Waals surface area contributed by atoms with Crippen molar-refractivity contribution in [2.45, 2.75) is 6.92 Å². The summed E-state index contributed by atoms with van der Waals surface area (Å²) in [6, 6.07) is 16.1. The van der Waals surface area contributed by atoms with E-state index in [2.05, 4.69) is 10.5 Å². The molecule has 0 radical (unpaired) electrons. The van der Waals surface area contributed by atoms with E-state index >= 15 is 0 Å². The number of amides is 1. The largest absolute Gasteiger partial charge is 0.493 e. The van der Waals surface area contributed by atoms with Gasteiger partial charge in [0.1, 0.15) is 5.71 Å². The number of Topliss-reactive ketones (excluding diaryl/α,β-unsaturated/α-hetero) is 1. The van der Waals surface area contributed by atoms with Gasteiger partial charge in [0.25, 0.3) is 5.91 Å². The fourth-order valence-electron chi connectivity index (χ4n) is 3.34. The first-order valence-electron chi connectivity index (χ1n) is 8.89. The summed E-state index contributed by atoms with van der Waals surface area (Å²) in [5, 5.41) is 5.97. The number of ether oxygens (including phenoxy) is 2. The first kappa shape index (κ1) is 17.7. The molecular formula is C22H18N2O4. The van der Waals surface area contributed by atoms with E-state index in [9.17, 15) is 9.59 Å². The summed E-state index contributed by atoms with van der Waals surface area (Å²) in [6.45, 7) is 2.36. The fourth-order valence-corrected chi connectivity index (χ4v) is 3.34. The molecule has 0 aromatic heterocycles. The normalized spacial score (nSPS) is 13.8. The van der Waals surface area contributed by atoms with Crippen molar-refractivity contribution < 1.29 is 19.1 Å². The lowest BCUT2D eigenvalue weighted by atomic mass is 10.1. The molecular weight excluding hydrogens is 356 g/mol. The standard InChI is InChI=1S/C22H18N2O4/c1-3-28-17-11-10-14(12-18(17)27-2)22(26)24-23-20-15-8-4-6-13-7-5-9-16(19(13)15)21(20)25/h4-12H,3H2,1-2H3,(H,24,26)/b23-20-. The van der Waals surface area contributed by atoms with Gasteiger partial charge in [0.05, 0.1) is 13.7 Å². The van der Waals surface area contributed by atoms with Crippen LogP contribution in [0.4, 0.5) is 0 Å². The van der Waals surface area contributed by atoms with Gasteiger partial charge in [0.15, 0.2) is 11.5 Å². The van der Waals surface area contributed by atoms with E-state index in [4.69, 9.17) is 9.47 Å². The highest BCUT2D eigenvalue weighted by atomic mass is 16.5. The topological polar surface area (TPSA) is 77.0 Å². The van der Waals surface area contributed by atoms with Gasteiger partial charge in [-0.05, 0) is 30.5 Å². The zero-order valence-corrected chi connectivity index (χ0v) is 15.5. The first-order valence-corrected chi connectivity index (χ1v) is 8.89. The SMILES string of the molecule is CCOc1ccc(C(=O)N/N=C2\C(=O)c3cccc4cccc2c34)cc1OC.